The molecule has 0 fully saturated rings. The van der Waals surface area contributed by atoms with Crippen molar-refractivity contribution < 1.29 is 0 Å². The van der Waals surface area contributed by atoms with Gasteiger partial charge >= 0.3 is 0 Å². The van der Waals surface area contributed by atoms with Gasteiger partial charge in [-0.1, -0.05) is 12.1 Å². The van der Waals surface area contributed by atoms with Crippen LogP contribution in [0.2, 0.25) is 0 Å². The van der Waals surface area contributed by atoms with Gasteiger partial charge in [-0.25, -0.2) is 0 Å². The number of rotatable bonds is 1. The summed E-state index contributed by atoms with van der Waals surface area (Å²) < 4.78 is 0. The van der Waals surface area contributed by atoms with Crippen LogP contribution in [-0.2, 0) is 0 Å². The molecule has 1 aliphatic heterocycles. The molecule has 0 saturated carbocycles. The SMILES string of the molecule is Nc1ccc(C2N=NN=N2)cc1. The molecule has 0 bridgehead atoms. The molecule has 1 heterocycles. The first-order valence-corrected chi connectivity index (χ1v) is 3.52. The molecule has 60 valence electrons. The Labute approximate surface area is 69.0 Å². The predicted octanol–water partition coefficient (Wildman–Crippen LogP) is 2.10. The highest BCUT2D eigenvalue weighted by Gasteiger charge is 2.11. The minimum absolute atomic E-state index is 0.273. The van der Waals surface area contributed by atoms with E-state index in [2.05, 4.69) is 20.7 Å². The third kappa shape index (κ3) is 1.16. The maximum absolute atomic E-state index is 5.52. The smallest absolute Gasteiger partial charge is 0.210 e. The minimum atomic E-state index is -0.273. The van der Waals surface area contributed by atoms with Crippen molar-refractivity contribution in [3.05, 3.63) is 29.8 Å². The molecule has 0 aliphatic carbocycles. The van der Waals surface area contributed by atoms with Crippen molar-refractivity contribution in [1.29, 1.82) is 0 Å². The minimum Gasteiger partial charge on any atom is -0.399 e. The third-order valence-corrected chi connectivity index (χ3v) is 1.60. The van der Waals surface area contributed by atoms with Crippen LogP contribution in [-0.4, -0.2) is 0 Å². The Morgan fingerprint density at radius 3 is 2.17 bits per heavy atom. The van der Waals surface area contributed by atoms with E-state index in [4.69, 9.17) is 5.73 Å². The summed E-state index contributed by atoms with van der Waals surface area (Å²) in [5, 5.41) is 14.4. The molecule has 0 atom stereocenters. The van der Waals surface area contributed by atoms with Gasteiger partial charge in [0.2, 0.25) is 6.17 Å². The highest BCUT2D eigenvalue weighted by atomic mass is 15.6. The zero-order valence-electron chi connectivity index (χ0n) is 6.25. The lowest BCUT2D eigenvalue weighted by Gasteiger charge is -2.00. The van der Waals surface area contributed by atoms with Gasteiger partial charge in [-0.15, -0.1) is 10.2 Å². The summed E-state index contributed by atoms with van der Waals surface area (Å²) in [5.41, 5.74) is 7.20. The second-order valence-corrected chi connectivity index (χ2v) is 2.45. The molecule has 0 spiro atoms. The number of benzene rings is 1. The highest BCUT2D eigenvalue weighted by molar-refractivity contribution is 5.40. The lowest BCUT2D eigenvalue weighted by molar-refractivity contribution is 0.765. The zero-order valence-corrected chi connectivity index (χ0v) is 6.25. The average molecular weight is 161 g/mol. The van der Waals surface area contributed by atoms with Gasteiger partial charge in [-0.05, 0) is 22.6 Å². The lowest BCUT2D eigenvalue weighted by atomic mass is 10.2. The Bertz CT molecular complexity index is 314. The van der Waals surface area contributed by atoms with Crippen LogP contribution in [0.1, 0.15) is 11.7 Å². The van der Waals surface area contributed by atoms with E-state index < -0.39 is 0 Å². The molecule has 0 aromatic heterocycles. The largest absolute Gasteiger partial charge is 0.399 e. The van der Waals surface area contributed by atoms with Gasteiger partial charge in [-0.3, -0.25) is 0 Å². The summed E-state index contributed by atoms with van der Waals surface area (Å²) in [6, 6.07) is 7.34. The highest BCUT2D eigenvalue weighted by Crippen LogP contribution is 2.24. The van der Waals surface area contributed by atoms with Crippen LogP contribution in [0.5, 0.6) is 0 Å². The summed E-state index contributed by atoms with van der Waals surface area (Å²) in [4.78, 5) is 0. The summed E-state index contributed by atoms with van der Waals surface area (Å²) >= 11 is 0. The third-order valence-electron chi connectivity index (χ3n) is 1.60. The van der Waals surface area contributed by atoms with E-state index in [0.717, 1.165) is 11.3 Å². The molecule has 0 saturated heterocycles. The van der Waals surface area contributed by atoms with Crippen molar-refractivity contribution in [2.24, 2.45) is 20.7 Å². The topological polar surface area (TPSA) is 75.5 Å². The van der Waals surface area contributed by atoms with E-state index in [-0.39, 0.29) is 6.17 Å². The molecular formula is C7H7N5. The zero-order chi connectivity index (χ0) is 8.39. The van der Waals surface area contributed by atoms with Crippen LogP contribution in [0.3, 0.4) is 0 Å². The Hall–Kier alpha value is -1.78. The number of nitrogens with two attached hydrogens (primary N) is 1. The van der Waals surface area contributed by atoms with Crippen molar-refractivity contribution >= 4 is 5.69 Å². The van der Waals surface area contributed by atoms with E-state index in [0.29, 0.717) is 0 Å². The van der Waals surface area contributed by atoms with Crippen molar-refractivity contribution in [3.8, 4) is 0 Å². The fraction of sp³-hybridized carbons (Fsp3) is 0.143. The molecule has 5 heteroatoms. The summed E-state index contributed by atoms with van der Waals surface area (Å²) in [7, 11) is 0. The van der Waals surface area contributed by atoms with E-state index in [9.17, 15) is 0 Å². The molecule has 1 aliphatic rings. The Morgan fingerprint density at radius 2 is 1.58 bits per heavy atom. The summed E-state index contributed by atoms with van der Waals surface area (Å²) in [6.07, 6.45) is -0.273. The summed E-state index contributed by atoms with van der Waals surface area (Å²) in [5.74, 6) is 0. The number of nitrogen functional groups attached to an aromatic ring is 1. The van der Waals surface area contributed by atoms with Crippen LogP contribution in [0.15, 0.2) is 44.9 Å². The van der Waals surface area contributed by atoms with Crippen molar-refractivity contribution in [3.63, 3.8) is 0 Å². The van der Waals surface area contributed by atoms with Crippen LogP contribution in [0.25, 0.3) is 0 Å². The average Bonchev–Trinajstić information content (AvgIpc) is 2.58. The lowest BCUT2D eigenvalue weighted by Crippen LogP contribution is -1.89. The van der Waals surface area contributed by atoms with Gasteiger partial charge in [0.1, 0.15) is 0 Å². The number of hydrogen-bond acceptors (Lipinski definition) is 5. The molecule has 1 aromatic rings. The van der Waals surface area contributed by atoms with Crippen LogP contribution >= 0.6 is 0 Å². The second-order valence-electron chi connectivity index (χ2n) is 2.45. The van der Waals surface area contributed by atoms with Gasteiger partial charge in [0, 0.05) is 11.3 Å². The summed E-state index contributed by atoms with van der Waals surface area (Å²) in [6.45, 7) is 0. The van der Waals surface area contributed by atoms with E-state index in [1.807, 2.05) is 12.1 Å². The first-order valence-electron chi connectivity index (χ1n) is 3.52. The Balaban J connectivity index is 2.29. The molecular weight excluding hydrogens is 154 g/mol. The number of hydrogen-bond donors (Lipinski definition) is 1. The molecule has 2 N–H and O–H groups in total. The quantitative estimate of drug-likeness (QED) is 0.629. The van der Waals surface area contributed by atoms with Crippen molar-refractivity contribution in [2.45, 2.75) is 6.17 Å². The first kappa shape index (κ1) is 6.90. The normalized spacial score (nSPS) is 15.7. The fourth-order valence-corrected chi connectivity index (χ4v) is 0.969. The van der Waals surface area contributed by atoms with Gasteiger partial charge in [-0.2, -0.15) is 0 Å². The van der Waals surface area contributed by atoms with Gasteiger partial charge in [0.05, 0.1) is 0 Å². The molecule has 5 nitrogen and oxygen atoms in total. The Kier molecular flexibility index (Phi) is 1.55. The molecule has 12 heavy (non-hydrogen) atoms. The van der Waals surface area contributed by atoms with E-state index in [1.54, 1.807) is 12.1 Å². The molecule has 0 amide bonds. The molecule has 0 unspecified atom stereocenters. The number of nitrogens with zero attached hydrogens (tertiary/aromatic N) is 4. The standard InChI is InChI=1S/C7H7N5/c8-6-3-1-5(2-4-6)7-9-11-12-10-7/h1-4,7H,8H2. The fourth-order valence-electron chi connectivity index (χ4n) is 0.969. The van der Waals surface area contributed by atoms with Gasteiger partial charge < -0.3 is 5.73 Å². The van der Waals surface area contributed by atoms with Gasteiger partial charge in [0.15, 0.2) is 0 Å². The van der Waals surface area contributed by atoms with Crippen LogP contribution in [0, 0.1) is 0 Å². The maximum Gasteiger partial charge on any atom is 0.210 e. The van der Waals surface area contributed by atoms with Crippen LogP contribution in [0.4, 0.5) is 5.69 Å². The predicted molar refractivity (Wildman–Crippen MR) is 43.3 cm³/mol. The molecule has 0 radical (unpaired) electrons. The monoisotopic (exact) mass is 161 g/mol. The number of anilines is 1. The molecule has 1 aromatic carbocycles. The van der Waals surface area contributed by atoms with Gasteiger partial charge in [0.25, 0.3) is 0 Å². The second kappa shape index (κ2) is 2.69. The van der Waals surface area contributed by atoms with E-state index >= 15 is 0 Å². The van der Waals surface area contributed by atoms with Crippen molar-refractivity contribution in [1.82, 2.24) is 0 Å². The maximum atomic E-state index is 5.52. The van der Waals surface area contributed by atoms with Crippen LogP contribution < -0.4 is 5.73 Å². The first-order chi connectivity index (χ1) is 5.86. The Morgan fingerprint density at radius 1 is 1.00 bits per heavy atom. The van der Waals surface area contributed by atoms with Crippen molar-refractivity contribution in [2.75, 3.05) is 5.73 Å². The van der Waals surface area contributed by atoms with E-state index in [1.165, 1.54) is 0 Å². The molecule has 2 rings (SSSR count).